The molecular formula is C24H25N3O3. The Balaban J connectivity index is 1.69. The fourth-order valence-electron chi connectivity index (χ4n) is 3.73. The summed E-state index contributed by atoms with van der Waals surface area (Å²) >= 11 is 0. The number of benzene rings is 2. The Morgan fingerprint density at radius 1 is 1.13 bits per heavy atom. The number of rotatable bonds is 5. The van der Waals surface area contributed by atoms with Gasteiger partial charge in [0, 0.05) is 18.7 Å². The first kappa shape index (κ1) is 19.9. The van der Waals surface area contributed by atoms with Gasteiger partial charge in [0.05, 0.1) is 16.6 Å². The summed E-state index contributed by atoms with van der Waals surface area (Å²) in [5.74, 6) is 1.23. The van der Waals surface area contributed by atoms with Gasteiger partial charge in [0.15, 0.2) is 0 Å². The molecule has 0 atom stereocenters. The molecule has 0 saturated carbocycles. The Morgan fingerprint density at radius 3 is 2.50 bits per heavy atom. The van der Waals surface area contributed by atoms with Gasteiger partial charge in [-0.2, -0.15) is 0 Å². The minimum absolute atomic E-state index is 0.0408. The SMILES string of the molecule is C=C(C)COc1ccc2nc(C)n(-c3ccc(C(=O)N4CCCC4)cc3)c(=O)c2c1. The molecular weight excluding hydrogens is 378 g/mol. The summed E-state index contributed by atoms with van der Waals surface area (Å²) in [5.41, 5.74) is 2.67. The standard InChI is InChI=1S/C24H25N3O3/c1-16(2)15-30-20-10-11-22-21(14-20)24(29)27(17(3)25-22)19-8-6-18(7-9-19)23(28)26-12-4-5-13-26/h6-11,14H,1,4-5,12-13,15H2,2-3H3. The molecule has 1 saturated heterocycles. The number of amides is 1. The van der Waals surface area contributed by atoms with E-state index < -0.39 is 0 Å². The van der Waals surface area contributed by atoms with Crippen LogP contribution in [0.25, 0.3) is 16.6 Å². The Labute approximate surface area is 175 Å². The van der Waals surface area contributed by atoms with Crippen molar-refractivity contribution in [3.63, 3.8) is 0 Å². The lowest BCUT2D eigenvalue weighted by Crippen LogP contribution is -2.27. The fourth-order valence-corrected chi connectivity index (χ4v) is 3.73. The molecule has 2 heterocycles. The zero-order chi connectivity index (χ0) is 21.3. The van der Waals surface area contributed by atoms with Crippen LogP contribution in [0.15, 0.2) is 59.4 Å². The molecule has 6 nitrogen and oxygen atoms in total. The largest absolute Gasteiger partial charge is 0.489 e. The number of likely N-dealkylation sites (tertiary alicyclic amines) is 1. The van der Waals surface area contributed by atoms with Gasteiger partial charge in [-0.15, -0.1) is 0 Å². The summed E-state index contributed by atoms with van der Waals surface area (Å²) in [7, 11) is 0. The topological polar surface area (TPSA) is 64.4 Å². The predicted octanol–water partition coefficient (Wildman–Crippen LogP) is 3.89. The molecule has 3 aromatic rings. The molecule has 0 bridgehead atoms. The quantitative estimate of drug-likeness (QED) is 0.607. The highest BCUT2D eigenvalue weighted by atomic mass is 16.5. The Hall–Kier alpha value is -3.41. The fraction of sp³-hybridized carbons (Fsp3) is 0.292. The Morgan fingerprint density at radius 2 is 1.83 bits per heavy atom. The van der Waals surface area contributed by atoms with Crippen LogP contribution < -0.4 is 10.3 Å². The van der Waals surface area contributed by atoms with Gasteiger partial charge in [-0.05, 0) is 74.7 Å². The monoisotopic (exact) mass is 403 g/mol. The molecule has 0 unspecified atom stereocenters. The molecule has 2 aromatic carbocycles. The number of hydrogen-bond donors (Lipinski definition) is 0. The van der Waals surface area contributed by atoms with Gasteiger partial charge in [-0.3, -0.25) is 14.2 Å². The molecule has 0 aliphatic carbocycles. The highest BCUT2D eigenvalue weighted by Crippen LogP contribution is 2.20. The van der Waals surface area contributed by atoms with E-state index in [2.05, 4.69) is 11.6 Å². The third kappa shape index (κ3) is 3.85. The number of carbonyl (C=O) groups is 1. The van der Waals surface area contributed by atoms with Gasteiger partial charge in [-0.1, -0.05) is 6.58 Å². The second-order valence-corrected chi connectivity index (χ2v) is 7.77. The van der Waals surface area contributed by atoms with Gasteiger partial charge in [0.2, 0.25) is 0 Å². The van der Waals surface area contributed by atoms with Crippen LogP contribution in [0, 0.1) is 6.92 Å². The lowest BCUT2D eigenvalue weighted by Gasteiger charge is -2.16. The van der Waals surface area contributed by atoms with Crippen LogP contribution in [0.1, 0.15) is 35.9 Å². The smallest absolute Gasteiger partial charge is 0.266 e. The number of aryl methyl sites for hydroxylation is 1. The minimum atomic E-state index is -0.170. The van der Waals surface area contributed by atoms with E-state index in [-0.39, 0.29) is 11.5 Å². The molecule has 154 valence electrons. The van der Waals surface area contributed by atoms with Crippen molar-refractivity contribution in [2.75, 3.05) is 19.7 Å². The van der Waals surface area contributed by atoms with Gasteiger partial charge in [-0.25, -0.2) is 4.98 Å². The molecule has 1 amide bonds. The van der Waals surface area contributed by atoms with Crippen LogP contribution in [-0.2, 0) is 0 Å². The van der Waals surface area contributed by atoms with Gasteiger partial charge >= 0.3 is 0 Å². The van der Waals surface area contributed by atoms with Gasteiger partial charge in [0.1, 0.15) is 18.2 Å². The molecule has 4 rings (SSSR count). The number of carbonyl (C=O) groups excluding carboxylic acids is 1. The third-order valence-electron chi connectivity index (χ3n) is 5.26. The van der Waals surface area contributed by atoms with Gasteiger partial charge in [0.25, 0.3) is 11.5 Å². The number of nitrogens with zero attached hydrogens (tertiary/aromatic N) is 3. The average molecular weight is 403 g/mol. The summed E-state index contributed by atoms with van der Waals surface area (Å²) in [6.07, 6.45) is 2.11. The molecule has 30 heavy (non-hydrogen) atoms. The molecule has 0 N–H and O–H groups in total. The van der Waals surface area contributed by atoms with Crippen molar-refractivity contribution in [3.05, 3.63) is 76.4 Å². The second-order valence-electron chi connectivity index (χ2n) is 7.77. The molecule has 1 aliphatic rings. The van der Waals surface area contributed by atoms with Crippen molar-refractivity contribution >= 4 is 16.8 Å². The summed E-state index contributed by atoms with van der Waals surface area (Å²) in [6, 6.07) is 12.5. The van der Waals surface area contributed by atoms with Crippen molar-refractivity contribution in [2.24, 2.45) is 0 Å². The van der Waals surface area contributed by atoms with Crippen molar-refractivity contribution in [3.8, 4) is 11.4 Å². The third-order valence-corrected chi connectivity index (χ3v) is 5.26. The highest BCUT2D eigenvalue weighted by molar-refractivity contribution is 5.94. The van der Waals surface area contributed by atoms with Crippen LogP contribution >= 0.6 is 0 Å². The Bertz CT molecular complexity index is 1170. The summed E-state index contributed by atoms with van der Waals surface area (Å²) in [5, 5.41) is 0.483. The van der Waals surface area contributed by atoms with E-state index in [1.165, 1.54) is 0 Å². The number of ether oxygens (including phenoxy) is 1. The number of fused-ring (bicyclic) bond motifs is 1. The minimum Gasteiger partial charge on any atom is -0.489 e. The first-order valence-electron chi connectivity index (χ1n) is 10.1. The molecule has 1 aliphatic heterocycles. The maximum absolute atomic E-state index is 13.2. The van der Waals surface area contributed by atoms with Crippen LogP contribution in [0.2, 0.25) is 0 Å². The molecule has 0 spiro atoms. The van der Waals surface area contributed by atoms with Crippen molar-refractivity contribution < 1.29 is 9.53 Å². The summed E-state index contributed by atoms with van der Waals surface area (Å²) in [4.78, 5) is 32.3. The van der Waals surface area contributed by atoms with Crippen LogP contribution in [-0.4, -0.2) is 40.1 Å². The lowest BCUT2D eigenvalue weighted by atomic mass is 10.1. The zero-order valence-corrected chi connectivity index (χ0v) is 17.4. The van der Waals surface area contributed by atoms with E-state index in [4.69, 9.17) is 4.74 Å². The molecule has 6 heteroatoms. The lowest BCUT2D eigenvalue weighted by molar-refractivity contribution is 0.0793. The predicted molar refractivity (Wildman–Crippen MR) is 118 cm³/mol. The van der Waals surface area contributed by atoms with E-state index in [0.29, 0.717) is 40.3 Å². The number of hydrogen-bond acceptors (Lipinski definition) is 4. The zero-order valence-electron chi connectivity index (χ0n) is 17.4. The first-order chi connectivity index (χ1) is 14.4. The molecule has 0 radical (unpaired) electrons. The van der Waals surface area contributed by atoms with E-state index in [9.17, 15) is 9.59 Å². The van der Waals surface area contributed by atoms with E-state index in [0.717, 1.165) is 31.5 Å². The molecule has 1 aromatic heterocycles. The van der Waals surface area contributed by atoms with E-state index >= 15 is 0 Å². The van der Waals surface area contributed by atoms with Crippen LogP contribution in [0.3, 0.4) is 0 Å². The Kier molecular flexibility index (Phi) is 5.40. The van der Waals surface area contributed by atoms with Gasteiger partial charge < -0.3 is 9.64 Å². The summed E-state index contributed by atoms with van der Waals surface area (Å²) in [6.45, 7) is 9.53. The maximum atomic E-state index is 13.2. The van der Waals surface area contributed by atoms with Crippen LogP contribution in [0.4, 0.5) is 0 Å². The first-order valence-corrected chi connectivity index (χ1v) is 10.1. The normalized spacial score (nSPS) is 13.6. The van der Waals surface area contributed by atoms with E-state index in [1.54, 1.807) is 54.0 Å². The second kappa shape index (κ2) is 8.14. The average Bonchev–Trinajstić information content (AvgIpc) is 3.27. The summed E-state index contributed by atoms with van der Waals surface area (Å²) < 4.78 is 7.24. The van der Waals surface area contributed by atoms with Crippen molar-refractivity contribution in [2.45, 2.75) is 26.7 Å². The highest BCUT2D eigenvalue weighted by Gasteiger charge is 2.19. The number of aromatic nitrogens is 2. The maximum Gasteiger partial charge on any atom is 0.266 e. The van der Waals surface area contributed by atoms with Crippen molar-refractivity contribution in [1.82, 2.24) is 14.5 Å². The molecule has 1 fully saturated rings. The van der Waals surface area contributed by atoms with Crippen molar-refractivity contribution in [1.29, 1.82) is 0 Å². The van der Waals surface area contributed by atoms with E-state index in [1.807, 2.05) is 11.8 Å². The van der Waals surface area contributed by atoms with Crippen LogP contribution in [0.5, 0.6) is 5.75 Å².